The van der Waals surface area contributed by atoms with Crippen LogP contribution >= 0.6 is 7.75 Å². The first kappa shape index (κ1) is 27.4. The molecule has 1 fully saturated rings. The summed E-state index contributed by atoms with van der Waals surface area (Å²) in [5.41, 5.74) is -1.30. The summed E-state index contributed by atoms with van der Waals surface area (Å²) in [5, 5.41) is 13.0. The van der Waals surface area contributed by atoms with Gasteiger partial charge >= 0.3 is 19.4 Å². The van der Waals surface area contributed by atoms with Crippen LogP contribution in [0.2, 0.25) is 0 Å². The van der Waals surface area contributed by atoms with Crippen molar-refractivity contribution < 1.29 is 33.0 Å². The fraction of sp³-hybridized carbons (Fsp3) is 0.750. The summed E-state index contributed by atoms with van der Waals surface area (Å²) in [4.78, 5) is 37.9. The summed E-state index contributed by atoms with van der Waals surface area (Å²) < 4.78 is 36.2. The number of nitrogens with one attached hydrogen (secondary N) is 2. The lowest BCUT2D eigenvalue weighted by molar-refractivity contribution is -0.150. The number of hydrogen-bond donors (Lipinski definition) is 3. The van der Waals surface area contributed by atoms with E-state index in [2.05, 4.69) is 10.1 Å². The van der Waals surface area contributed by atoms with Gasteiger partial charge in [-0.15, -0.1) is 0 Å². The van der Waals surface area contributed by atoms with E-state index in [1.54, 1.807) is 20.8 Å². The Balaban J connectivity index is 2.08. The minimum absolute atomic E-state index is 0.0570. The Morgan fingerprint density at radius 3 is 2.61 bits per heavy atom. The molecule has 33 heavy (non-hydrogen) atoms. The van der Waals surface area contributed by atoms with Crippen molar-refractivity contribution in [2.45, 2.75) is 78.0 Å². The summed E-state index contributed by atoms with van der Waals surface area (Å²) in [6, 6.07) is 0.229. The number of carbonyl (C=O) groups is 1. The molecule has 2 heterocycles. The van der Waals surface area contributed by atoms with Crippen LogP contribution < -0.4 is 16.3 Å². The third-order valence-corrected chi connectivity index (χ3v) is 6.39. The van der Waals surface area contributed by atoms with E-state index in [0.29, 0.717) is 6.42 Å². The van der Waals surface area contributed by atoms with Gasteiger partial charge in [-0.25, -0.2) is 14.4 Å². The molecule has 1 aromatic heterocycles. The minimum Gasteiger partial charge on any atom is -0.462 e. The van der Waals surface area contributed by atoms with Gasteiger partial charge in [0.2, 0.25) is 0 Å². The number of aliphatic hydroxyl groups is 1. The number of nitrogens with zero attached hydrogens (tertiary/aromatic N) is 1. The maximum atomic E-state index is 13.3. The standard InChI is InChI=1S/C20H34N3O9P/c1-6-29-33(28,22-15(9-12(2)3)19(26)31-13(4)5)30-11-14-10-16(24)18(32-14)23-8-7-17(25)21-20(23)27/h7-8,12-16,18,24H,6,9-11H2,1-5H3,(H,22,28)(H,21,25,27)/t14-,15+,16+,18+,33?/m0/s1. The van der Waals surface area contributed by atoms with Crippen LogP contribution in [0.25, 0.3) is 0 Å². The Bertz CT molecular complexity index is 945. The molecule has 0 aromatic carbocycles. The fourth-order valence-corrected chi connectivity index (χ4v) is 4.88. The zero-order valence-electron chi connectivity index (χ0n) is 19.6. The molecular weight excluding hydrogens is 457 g/mol. The summed E-state index contributed by atoms with van der Waals surface area (Å²) in [6.45, 7) is 8.72. The van der Waals surface area contributed by atoms with E-state index >= 15 is 0 Å². The van der Waals surface area contributed by atoms with Gasteiger partial charge in [-0.3, -0.25) is 28.2 Å². The van der Waals surface area contributed by atoms with Crippen molar-refractivity contribution in [2.24, 2.45) is 5.92 Å². The van der Waals surface area contributed by atoms with Crippen molar-refractivity contribution >= 4 is 13.7 Å². The third kappa shape index (κ3) is 8.16. The first-order chi connectivity index (χ1) is 15.4. The molecule has 5 atom stereocenters. The van der Waals surface area contributed by atoms with Gasteiger partial charge < -0.3 is 14.6 Å². The average Bonchev–Trinajstić information content (AvgIpc) is 3.06. The van der Waals surface area contributed by atoms with E-state index in [9.17, 15) is 24.1 Å². The molecule has 0 amide bonds. The first-order valence-corrected chi connectivity index (χ1v) is 12.5. The van der Waals surface area contributed by atoms with Gasteiger partial charge in [0, 0.05) is 18.7 Å². The van der Waals surface area contributed by atoms with Crippen LogP contribution in [-0.4, -0.2) is 58.2 Å². The molecule has 0 aliphatic carbocycles. The van der Waals surface area contributed by atoms with Crippen molar-refractivity contribution in [3.05, 3.63) is 33.1 Å². The molecule has 1 aromatic rings. The lowest BCUT2D eigenvalue weighted by Gasteiger charge is -2.26. The highest BCUT2D eigenvalue weighted by atomic mass is 31.2. The zero-order valence-corrected chi connectivity index (χ0v) is 20.4. The molecule has 0 bridgehead atoms. The number of aromatic nitrogens is 2. The Kier molecular flexibility index (Phi) is 10.0. The van der Waals surface area contributed by atoms with Crippen LogP contribution in [0.1, 0.15) is 53.7 Å². The smallest absolute Gasteiger partial charge is 0.406 e. The van der Waals surface area contributed by atoms with E-state index in [-0.39, 0.29) is 31.7 Å². The zero-order chi connectivity index (χ0) is 24.8. The fourth-order valence-electron chi connectivity index (χ4n) is 3.36. The number of rotatable bonds is 12. The molecule has 12 nitrogen and oxygen atoms in total. The number of esters is 1. The number of H-pyrrole nitrogens is 1. The third-order valence-electron chi connectivity index (χ3n) is 4.68. The summed E-state index contributed by atoms with van der Waals surface area (Å²) >= 11 is 0. The van der Waals surface area contributed by atoms with E-state index in [0.717, 1.165) is 10.6 Å². The molecular formula is C20H34N3O9P. The molecule has 1 unspecified atom stereocenters. The van der Waals surface area contributed by atoms with Crippen LogP contribution in [-0.2, 0) is 27.9 Å². The number of carbonyl (C=O) groups excluding carboxylic acids is 1. The molecule has 0 saturated carbocycles. The van der Waals surface area contributed by atoms with E-state index in [1.807, 2.05) is 13.8 Å². The van der Waals surface area contributed by atoms with Crippen LogP contribution in [0.4, 0.5) is 0 Å². The molecule has 13 heteroatoms. The van der Waals surface area contributed by atoms with Gasteiger partial charge in [0.05, 0.1) is 25.4 Å². The predicted octanol–water partition coefficient (Wildman–Crippen LogP) is 1.30. The molecule has 1 aliphatic heterocycles. The van der Waals surface area contributed by atoms with E-state index < -0.39 is 49.4 Å². The molecule has 1 aliphatic rings. The Morgan fingerprint density at radius 2 is 2.03 bits per heavy atom. The second kappa shape index (κ2) is 12.0. The molecule has 3 N–H and O–H groups in total. The summed E-state index contributed by atoms with van der Waals surface area (Å²) in [6.07, 6.45) is -1.50. The van der Waals surface area contributed by atoms with E-state index in [4.69, 9.17) is 18.5 Å². The lowest BCUT2D eigenvalue weighted by Crippen LogP contribution is -2.39. The van der Waals surface area contributed by atoms with Crippen molar-refractivity contribution in [3.8, 4) is 0 Å². The van der Waals surface area contributed by atoms with Crippen molar-refractivity contribution in [1.82, 2.24) is 14.6 Å². The number of aromatic amines is 1. The highest BCUT2D eigenvalue weighted by molar-refractivity contribution is 7.51. The Hall–Kier alpha value is -1.82. The van der Waals surface area contributed by atoms with Crippen molar-refractivity contribution in [1.29, 1.82) is 0 Å². The number of ether oxygens (including phenoxy) is 2. The maximum absolute atomic E-state index is 13.3. The highest BCUT2D eigenvalue weighted by Crippen LogP contribution is 2.45. The first-order valence-electron chi connectivity index (χ1n) is 11.0. The monoisotopic (exact) mass is 491 g/mol. The maximum Gasteiger partial charge on any atom is 0.406 e. The normalized spacial score (nSPS) is 23.6. The highest BCUT2D eigenvalue weighted by Gasteiger charge is 2.39. The van der Waals surface area contributed by atoms with Gasteiger partial charge in [0.15, 0.2) is 6.23 Å². The topological polar surface area (TPSA) is 158 Å². The molecule has 1 saturated heterocycles. The number of aliphatic hydroxyl groups excluding tert-OH is 1. The molecule has 2 rings (SSSR count). The quantitative estimate of drug-likeness (QED) is 0.287. The van der Waals surface area contributed by atoms with Gasteiger partial charge in [0.1, 0.15) is 12.1 Å². The van der Waals surface area contributed by atoms with Crippen molar-refractivity contribution in [2.75, 3.05) is 13.2 Å². The second-order valence-corrected chi connectivity index (χ2v) is 10.2. The van der Waals surface area contributed by atoms with Crippen molar-refractivity contribution in [3.63, 3.8) is 0 Å². The minimum atomic E-state index is -3.94. The predicted molar refractivity (Wildman–Crippen MR) is 119 cm³/mol. The van der Waals surface area contributed by atoms with Crippen LogP contribution in [0.3, 0.4) is 0 Å². The van der Waals surface area contributed by atoms with Gasteiger partial charge in [-0.2, -0.15) is 0 Å². The Morgan fingerprint density at radius 1 is 1.33 bits per heavy atom. The van der Waals surface area contributed by atoms with Gasteiger partial charge in [0.25, 0.3) is 5.56 Å². The van der Waals surface area contributed by atoms with Gasteiger partial charge in [-0.05, 0) is 33.1 Å². The van der Waals surface area contributed by atoms with Crippen LogP contribution in [0.15, 0.2) is 21.9 Å². The SMILES string of the molecule is CCOP(=O)(N[C@H](CC(C)C)C(=O)OC(C)C)OC[C@@H]1C[C@@H](O)[C@H](n2ccc(=O)[nH]c2=O)O1. The second-order valence-electron chi connectivity index (χ2n) is 8.48. The largest absolute Gasteiger partial charge is 0.462 e. The Labute approximate surface area is 192 Å². The average molecular weight is 491 g/mol. The lowest BCUT2D eigenvalue weighted by atomic mass is 10.0. The van der Waals surface area contributed by atoms with Crippen LogP contribution in [0.5, 0.6) is 0 Å². The summed E-state index contributed by atoms with van der Waals surface area (Å²) in [5.74, 6) is -0.464. The van der Waals surface area contributed by atoms with Gasteiger partial charge in [-0.1, -0.05) is 13.8 Å². The van der Waals surface area contributed by atoms with E-state index in [1.165, 1.54) is 6.20 Å². The molecule has 0 radical (unpaired) electrons. The molecule has 188 valence electrons. The molecule has 0 spiro atoms. The number of hydrogen-bond acceptors (Lipinski definition) is 9. The summed E-state index contributed by atoms with van der Waals surface area (Å²) in [7, 11) is -3.94. The van der Waals surface area contributed by atoms with Crippen LogP contribution in [0, 0.1) is 5.92 Å².